The predicted molar refractivity (Wildman–Crippen MR) is 104 cm³/mol. The minimum Gasteiger partial charge on any atom is -0.319 e. The van der Waals surface area contributed by atoms with Crippen molar-refractivity contribution in [2.45, 2.75) is 6.42 Å². The number of amides is 1. The highest BCUT2D eigenvalue weighted by atomic mass is 19.1. The molecule has 0 aliphatic carbocycles. The lowest BCUT2D eigenvalue weighted by Gasteiger charge is -2.06. The number of para-hydroxylation sites is 1. The molecule has 0 aliphatic heterocycles. The first-order valence-electron chi connectivity index (χ1n) is 8.56. The van der Waals surface area contributed by atoms with E-state index < -0.39 is 11.7 Å². The van der Waals surface area contributed by atoms with Crippen LogP contribution in [0, 0.1) is 23.0 Å². The Morgan fingerprint density at radius 2 is 1.71 bits per heavy atom. The largest absolute Gasteiger partial charge is 0.319 e. The monoisotopic (exact) mass is 374 g/mol. The molecule has 28 heavy (non-hydrogen) atoms. The van der Waals surface area contributed by atoms with Crippen molar-refractivity contribution in [2.24, 2.45) is 0 Å². The van der Waals surface area contributed by atoms with Crippen molar-refractivity contribution in [1.29, 1.82) is 5.26 Å². The first-order valence-corrected chi connectivity index (χ1v) is 8.56. The Hall–Kier alpha value is -3.78. The Morgan fingerprint density at radius 3 is 2.39 bits per heavy atom. The fourth-order valence-electron chi connectivity index (χ4n) is 2.68. The Morgan fingerprint density at radius 1 is 0.964 bits per heavy atom. The predicted octanol–water partition coefficient (Wildman–Crippen LogP) is 5.10. The van der Waals surface area contributed by atoms with Gasteiger partial charge in [-0.3, -0.25) is 4.79 Å². The number of rotatable bonds is 5. The lowest BCUT2D eigenvalue weighted by molar-refractivity contribution is -0.112. The summed E-state index contributed by atoms with van der Waals surface area (Å²) in [6.45, 7) is 0. The van der Waals surface area contributed by atoms with E-state index in [2.05, 4.69) is 5.32 Å². The Bertz CT molecular complexity index is 1070. The second-order valence-corrected chi connectivity index (χ2v) is 6.15. The number of nitriles is 1. The number of nitrogens with one attached hydrogen (secondary N) is 1. The van der Waals surface area contributed by atoms with Crippen LogP contribution in [0.3, 0.4) is 0 Å². The number of hydrogen-bond acceptors (Lipinski definition) is 2. The third kappa shape index (κ3) is 4.89. The van der Waals surface area contributed by atoms with Crippen molar-refractivity contribution < 1.29 is 13.6 Å². The topological polar surface area (TPSA) is 52.9 Å². The van der Waals surface area contributed by atoms with Crippen LogP contribution in [0.15, 0.2) is 78.4 Å². The van der Waals surface area contributed by atoms with E-state index in [1.807, 2.05) is 24.3 Å². The smallest absolute Gasteiger partial charge is 0.266 e. The number of hydrogen-bond donors (Lipinski definition) is 1. The van der Waals surface area contributed by atoms with Gasteiger partial charge >= 0.3 is 0 Å². The van der Waals surface area contributed by atoms with Crippen molar-refractivity contribution in [3.63, 3.8) is 0 Å². The summed E-state index contributed by atoms with van der Waals surface area (Å²) >= 11 is 0. The van der Waals surface area contributed by atoms with Gasteiger partial charge in [0.1, 0.15) is 23.3 Å². The van der Waals surface area contributed by atoms with Crippen molar-refractivity contribution in [1.82, 2.24) is 0 Å². The SMILES string of the molecule is N#C/C(=C\c1ccc(Cc2cccc(F)c2)cc1)C(=O)Nc1ccccc1F. The van der Waals surface area contributed by atoms with E-state index in [-0.39, 0.29) is 17.1 Å². The summed E-state index contributed by atoms with van der Waals surface area (Å²) in [5.74, 6) is -1.54. The van der Waals surface area contributed by atoms with E-state index in [1.165, 1.54) is 36.4 Å². The Kier molecular flexibility index (Phi) is 5.93. The van der Waals surface area contributed by atoms with Crippen LogP contribution in [-0.4, -0.2) is 5.91 Å². The molecule has 138 valence electrons. The van der Waals surface area contributed by atoms with Crippen LogP contribution in [0.1, 0.15) is 16.7 Å². The zero-order valence-corrected chi connectivity index (χ0v) is 14.8. The second-order valence-electron chi connectivity index (χ2n) is 6.15. The lowest BCUT2D eigenvalue weighted by atomic mass is 10.0. The molecule has 0 fully saturated rings. The maximum atomic E-state index is 13.7. The third-order valence-corrected chi connectivity index (χ3v) is 4.08. The zero-order chi connectivity index (χ0) is 19.9. The molecule has 0 saturated heterocycles. The molecular weight excluding hydrogens is 358 g/mol. The summed E-state index contributed by atoms with van der Waals surface area (Å²) in [5.41, 5.74) is 2.35. The highest BCUT2D eigenvalue weighted by molar-refractivity contribution is 6.09. The number of nitrogens with zero attached hydrogens (tertiary/aromatic N) is 1. The van der Waals surface area contributed by atoms with E-state index in [4.69, 9.17) is 0 Å². The molecule has 0 bridgehead atoms. The quantitative estimate of drug-likeness (QED) is 0.499. The van der Waals surface area contributed by atoms with E-state index >= 15 is 0 Å². The zero-order valence-electron chi connectivity index (χ0n) is 14.8. The van der Waals surface area contributed by atoms with Crippen LogP contribution in [-0.2, 0) is 11.2 Å². The Balaban J connectivity index is 1.73. The number of carbonyl (C=O) groups is 1. The summed E-state index contributed by atoms with van der Waals surface area (Å²) in [7, 11) is 0. The van der Waals surface area contributed by atoms with E-state index in [0.29, 0.717) is 12.0 Å². The maximum Gasteiger partial charge on any atom is 0.266 e. The minimum absolute atomic E-state index is 0.0130. The fourth-order valence-corrected chi connectivity index (χ4v) is 2.68. The number of anilines is 1. The van der Waals surface area contributed by atoms with E-state index in [1.54, 1.807) is 24.3 Å². The molecule has 0 aliphatic rings. The summed E-state index contributed by atoms with van der Waals surface area (Å²) in [6, 6.07) is 21.2. The molecule has 3 rings (SSSR count). The molecule has 0 radical (unpaired) electrons. The standard InChI is InChI=1S/C23H16F2N2O/c24-20-5-3-4-18(14-20)12-16-8-10-17(11-9-16)13-19(15-26)23(28)27-22-7-2-1-6-21(22)25/h1-11,13-14H,12H2,(H,27,28)/b19-13+. The lowest BCUT2D eigenvalue weighted by Crippen LogP contribution is -2.14. The molecule has 0 unspecified atom stereocenters. The van der Waals surface area contributed by atoms with Crippen molar-refractivity contribution >= 4 is 17.7 Å². The number of benzene rings is 3. The normalized spacial score (nSPS) is 11.0. The summed E-state index contributed by atoms with van der Waals surface area (Å²) in [4.78, 5) is 12.2. The highest BCUT2D eigenvalue weighted by Crippen LogP contribution is 2.16. The van der Waals surface area contributed by atoms with Gasteiger partial charge in [-0.15, -0.1) is 0 Å². The van der Waals surface area contributed by atoms with E-state index in [9.17, 15) is 18.8 Å². The van der Waals surface area contributed by atoms with Gasteiger partial charge in [0.2, 0.25) is 0 Å². The van der Waals surface area contributed by atoms with Crippen LogP contribution in [0.4, 0.5) is 14.5 Å². The average molecular weight is 374 g/mol. The molecule has 1 N–H and O–H groups in total. The Labute approximate surface area is 161 Å². The molecule has 0 atom stereocenters. The fraction of sp³-hybridized carbons (Fsp3) is 0.0435. The average Bonchev–Trinajstić information content (AvgIpc) is 2.69. The maximum absolute atomic E-state index is 13.7. The van der Waals surface area contributed by atoms with Crippen LogP contribution in [0.2, 0.25) is 0 Å². The minimum atomic E-state index is -0.684. The van der Waals surface area contributed by atoms with Crippen molar-refractivity contribution in [2.75, 3.05) is 5.32 Å². The molecular formula is C23H16F2N2O. The van der Waals surface area contributed by atoms with Gasteiger partial charge in [0.25, 0.3) is 5.91 Å². The summed E-state index contributed by atoms with van der Waals surface area (Å²) < 4.78 is 26.9. The number of carbonyl (C=O) groups excluding carboxylic acids is 1. The molecule has 0 spiro atoms. The van der Waals surface area contributed by atoms with Crippen molar-refractivity contribution in [3.8, 4) is 6.07 Å². The molecule has 3 nitrogen and oxygen atoms in total. The third-order valence-electron chi connectivity index (χ3n) is 4.08. The van der Waals surface area contributed by atoms with Gasteiger partial charge in [0.05, 0.1) is 5.69 Å². The number of halogens is 2. The van der Waals surface area contributed by atoms with Crippen molar-refractivity contribution in [3.05, 3.63) is 107 Å². The van der Waals surface area contributed by atoms with E-state index in [0.717, 1.165) is 11.1 Å². The molecule has 0 saturated carbocycles. The van der Waals surface area contributed by atoms with Crippen LogP contribution in [0.25, 0.3) is 6.08 Å². The first kappa shape index (κ1) is 19.0. The van der Waals surface area contributed by atoms with Crippen LogP contribution >= 0.6 is 0 Å². The van der Waals surface area contributed by atoms with Gasteiger partial charge in [-0.2, -0.15) is 5.26 Å². The summed E-state index contributed by atoms with van der Waals surface area (Å²) in [5, 5.41) is 11.7. The second kappa shape index (κ2) is 8.74. The van der Waals surface area contributed by atoms with Crippen LogP contribution in [0.5, 0.6) is 0 Å². The molecule has 3 aromatic rings. The molecule has 3 aromatic carbocycles. The van der Waals surface area contributed by atoms with Gasteiger partial charge in [-0.25, -0.2) is 8.78 Å². The van der Waals surface area contributed by atoms with Gasteiger partial charge in [-0.1, -0.05) is 48.5 Å². The molecule has 5 heteroatoms. The molecule has 0 heterocycles. The first-order chi connectivity index (χ1) is 13.5. The molecule has 0 aromatic heterocycles. The van der Waals surface area contributed by atoms with Gasteiger partial charge in [-0.05, 0) is 53.5 Å². The van der Waals surface area contributed by atoms with Gasteiger partial charge in [0.15, 0.2) is 0 Å². The molecule has 1 amide bonds. The highest BCUT2D eigenvalue weighted by Gasteiger charge is 2.11. The summed E-state index contributed by atoms with van der Waals surface area (Å²) in [6.07, 6.45) is 2.00. The van der Waals surface area contributed by atoms with Gasteiger partial charge < -0.3 is 5.32 Å². The van der Waals surface area contributed by atoms with Crippen LogP contribution < -0.4 is 5.32 Å². The van der Waals surface area contributed by atoms with Gasteiger partial charge in [0, 0.05) is 0 Å².